The summed E-state index contributed by atoms with van der Waals surface area (Å²) in [7, 11) is 1.34. The lowest BCUT2D eigenvalue weighted by molar-refractivity contribution is -0.150. The number of benzene rings is 1. The molecule has 0 fully saturated rings. The summed E-state index contributed by atoms with van der Waals surface area (Å²) in [5.74, 6) is -1.71. The molecule has 1 N–H and O–H groups in total. The van der Waals surface area contributed by atoms with Crippen LogP contribution in [0.25, 0.3) is 0 Å². The molecule has 1 amide bonds. The quantitative estimate of drug-likeness (QED) is 0.931. The van der Waals surface area contributed by atoms with Crippen LogP contribution in [0.15, 0.2) is 24.3 Å². The fourth-order valence-corrected chi connectivity index (χ4v) is 1.75. The summed E-state index contributed by atoms with van der Waals surface area (Å²) in [6.07, 6.45) is -0.767. The van der Waals surface area contributed by atoms with Crippen LogP contribution in [0.2, 0.25) is 0 Å². The molecule has 0 bridgehead atoms. The molecule has 6 heteroatoms. The number of ether oxygens (including phenoxy) is 1. The molecule has 1 rings (SSSR count). The van der Waals surface area contributed by atoms with Crippen LogP contribution >= 0.6 is 0 Å². The molecule has 0 aliphatic heterocycles. The molecule has 0 radical (unpaired) electrons. The summed E-state index contributed by atoms with van der Waals surface area (Å²) in [6, 6.07) is 4.98. The van der Waals surface area contributed by atoms with E-state index in [1.807, 2.05) is 0 Å². The number of carboxylic acid groups (broad SMARTS) is 1. The monoisotopic (exact) mass is 297 g/mol. The number of halogens is 1. The first-order chi connectivity index (χ1) is 9.48. The Morgan fingerprint density at radius 2 is 1.62 bits per heavy atom. The minimum atomic E-state index is -1.66. The molecule has 1 atom stereocenters. The van der Waals surface area contributed by atoms with Crippen molar-refractivity contribution in [1.82, 2.24) is 4.90 Å². The average Bonchev–Trinajstić information content (AvgIpc) is 2.35. The summed E-state index contributed by atoms with van der Waals surface area (Å²) in [5, 5.41) is 9.53. The van der Waals surface area contributed by atoms with Crippen LogP contribution in [0.5, 0.6) is 0 Å². The van der Waals surface area contributed by atoms with Crippen molar-refractivity contribution in [3.8, 4) is 0 Å². The summed E-state index contributed by atoms with van der Waals surface area (Å²) >= 11 is 0. The van der Waals surface area contributed by atoms with E-state index in [1.165, 1.54) is 26.1 Å². The molecular weight excluding hydrogens is 277 g/mol. The Morgan fingerprint density at radius 1 is 1.14 bits per heavy atom. The third-order valence-electron chi connectivity index (χ3n) is 3.16. The highest BCUT2D eigenvalue weighted by atomic mass is 19.1. The number of likely N-dealkylation sites (N-methyl/N-ethyl adjacent to an activating group) is 1. The first-order valence-electron chi connectivity index (χ1n) is 6.44. The number of hydrogen-bond donors (Lipinski definition) is 1. The van der Waals surface area contributed by atoms with Gasteiger partial charge in [0.2, 0.25) is 0 Å². The van der Waals surface area contributed by atoms with Gasteiger partial charge in [-0.15, -0.1) is 0 Å². The van der Waals surface area contributed by atoms with Crippen molar-refractivity contribution in [2.45, 2.75) is 38.8 Å². The van der Waals surface area contributed by atoms with Crippen LogP contribution in [0.4, 0.5) is 9.18 Å². The van der Waals surface area contributed by atoms with Crippen molar-refractivity contribution in [3.05, 3.63) is 35.6 Å². The van der Waals surface area contributed by atoms with Gasteiger partial charge in [-0.25, -0.2) is 14.0 Å². The zero-order valence-corrected chi connectivity index (χ0v) is 12.8. The van der Waals surface area contributed by atoms with Gasteiger partial charge in [0.1, 0.15) is 11.4 Å². The summed E-state index contributed by atoms with van der Waals surface area (Å²) in [4.78, 5) is 24.8. The average molecular weight is 297 g/mol. The third-order valence-corrected chi connectivity index (χ3v) is 3.16. The Balaban J connectivity index is 3.19. The van der Waals surface area contributed by atoms with Gasteiger partial charge in [-0.3, -0.25) is 4.90 Å². The lowest BCUT2D eigenvalue weighted by atomic mass is 9.90. The van der Waals surface area contributed by atoms with Crippen molar-refractivity contribution >= 4 is 12.1 Å². The van der Waals surface area contributed by atoms with Crippen molar-refractivity contribution < 1.29 is 23.8 Å². The molecule has 0 aromatic heterocycles. The van der Waals surface area contributed by atoms with Crippen LogP contribution in [0.3, 0.4) is 0 Å². The number of amides is 1. The molecule has 21 heavy (non-hydrogen) atoms. The Bertz CT molecular complexity index is 536. The number of carbonyl (C=O) groups excluding carboxylic acids is 1. The molecule has 0 heterocycles. The molecule has 0 aliphatic carbocycles. The molecule has 116 valence electrons. The van der Waals surface area contributed by atoms with Gasteiger partial charge in [0.05, 0.1) is 0 Å². The maximum Gasteiger partial charge on any atom is 0.411 e. The normalized spacial score (nSPS) is 14.2. The predicted octanol–water partition coefficient (Wildman–Crippen LogP) is 2.99. The number of rotatable bonds is 3. The van der Waals surface area contributed by atoms with Gasteiger partial charge in [0.15, 0.2) is 5.54 Å². The van der Waals surface area contributed by atoms with Gasteiger partial charge in [-0.2, -0.15) is 0 Å². The molecule has 0 saturated carbocycles. The highest BCUT2D eigenvalue weighted by Gasteiger charge is 2.43. The second kappa shape index (κ2) is 5.71. The Labute approximate surface area is 123 Å². The van der Waals surface area contributed by atoms with Crippen molar-refractivity contribution in [2.24, 2.45) is 0 Å². The number of carbonyl (C=O) groups is 2. The first kappa shape index (κ1) is 16.9. The number of aliphatic carboxylic acids is 1. The summed E-state index contributed by atoms with van der Waals surface area (Å²) in [6.45, 7) is 6.44. The second-order valence-electron chi connectivity index (χ2n) is 5.92. The van der Waals surface area contributed by atoms with Gasteiger partial charge in [-0.05, 0) is 45.4 Å². The topological polar surface area (TPSA) is 66.8 Å². The fraction of sp³-hybridized carbons (Fsp3) is 0.467. The van der Waals surface area contributed by atoms with Gasteiger partial charge < -0.3 is 9.84 Å². The van der Waals surface area contributed by atoms with E-state index < -0.39 is 29.0 Å². The maximum absolute atomic E-state index is 13.0. The van der Waals surface area contributed by atoms with Gasteiger partial charge in [-0.1, -0.05) is 12.1 Å². The van der Waals surface area contributed by atoms with E-state index >= 15 is 0 Å². The summed E-state index contributed by atoms with van der Waals surface area (Å²) < 4.78 is 18.2. The lowest BCUT2D eigenvalue weighted by Crippen LogP contribution is -2.52. The largest absolute Gasteiger partial charge is 0.479 e. The van der Waals surface area contributed by atoms with E-state index in [9.17, 15) is 19.1 Å². The molecule has 1 unspecified atom stereocenters. The van der Waals surface area contributed by atoms with Crippen LogP contribution in [0, 0.1) is 5.82 Å². The maximum atomic E-state index is 13.0. The van der Waals surface area contributed by atoms with Crippen LogP contribution < -0.4 is 0 Å². The zero-order chi connectivity index (χ0) is 16.4. The predicted molar refractivity (Wildman–Crippen MR) is 75.4 cm³/mol. The van der Waals surface area contributed by atoms with Crippen LogP contribution in [-0.4, -0.2) is 34.7 Å². The van der Waals surface area contributed by atoms with E-state index in [4.69, 9.17) is 4.74 Å². The van der Waals surface area contributed by atoms with E-state index in [2.05, 4.69) is 0 Å². The molecule has 1 aromatic carbocycles. The van der Waals surface area contributed by atoms with E-state index in [-0.39, 0.29) is 5.56 Å². The van der Waals surface area contributed by atoms with Gasteiger partial charge in [0.25, 0.3) is 0 Å². The Kier molecular flexibility index (Phi) is 4.61. The molecular formula is C15H20FNO4. The lowest BCUT2D eigenvalue weighted by Gasteiger charge is -2.36. The van der Waals surface area contributed by atoms with Crippen molar-refractivity contribution in [2.75, 3.05) is 7.05 Å². The van der Waals surface area contributed by atoms with Crippen LogP contribution in [-0.2, 0) is 15.1 Å². The standard InChI is InChI=1S/C15H20FNO4/c1-14(2,3)21-13(20)17(5)15(4,12(18)19)10-6-8-11(16)9-7-10/h6-9H,1-5H3,(H,18,19). The molecule has 1 aromatic rings. The second-order valence-corrected chi connectivity index (χ2v) is 5.92. The zero-order valence-electron chi connectivity index (χ0n) is 12.8. The van der Waals surface area contributed by atoms with E-state index in [1.54, 1.807) is 20.8 Å². The number of carboxylic acids is 1. The summed E-state index contributed by atoms with van der Waals surface area (Å²) in [5.41, 5.74) is -2.12. The van der Waals surface area contributed by atoms with Crippen molar-refractivity contribution in [1.29, 1.82) is 0 Å². The Morgan fingerprint density at radius 3 is 2.00 bits per heavy atom. The molecule has 0 aliphatic rings. The van der Waals surface area contributed by atoms with Gasteiger partial charge in [0, 0.05) is 7.05 Å². The SMILES string of the molecule is CN(C(=O)OC(C)(C)C)C(C)(C(=O)O)c1ccc(F)cc1. The minimum absolute atomic E-state index is 0.282. The highest BCUT2D eigenvalue weighted by Crippen LogP contribution is 2.29. The highest BCUT2D eigenvalue weighted by molar-refractivity contribution is 5.85. The van der Waals surface area contributed by atoms with E-state index in [0.717, 1.165) is 17.0 Å². The third kappa shape index (κ3) is 3.71. The number of nitrogens with zero attached hydrogens (tertiary/aromatic N) is 1. The van der Waals surface area contributed by atoms with E-state index in [0.29, 0.717) is 0 Å². The number of hydrogen-bond acceptors (Lipinski definition) is 3. The Hall–Kier alpha value is -2.11. The molecule has 5 nitrogen and oxygen atoms in total. The van der Waals surface area contributed by atoms with Crippen molar-refractivity contribution in [3.63, 3.8) is 0 Å². The van der Waals surface area contributed by atoms with Gasteiger partial charge >= 0.3 is 12.1 Å². The smallest absolute Gasteiger partial charge is 0.411 e. The molecule has 0 spiro atoms. The fourth-order valence-electron chi connectivity index (χ4n) is 1.75. The first-order valence-corrected chi connectivity index (χ1v) is 6.44. The minimum Gasteiger partial charge on any atom is -0.479 e. The molecule has 0 saturated heterocycles. The van der Waals surface area contributed by atoms with Crippen LogP contribution in [0.1, 0.15) is 33.3 Å².